The third kappa shape index (κ3) is 9.60. The van der Waals surface area contributed by atoms with Gasteiger partial charge in [-0.25, -0.2) is 5.57 Å². The molecule has 1 unspecified atom stereocenters. The van der Waals surface area contributed by atoms with Crippen molar-refractivity contribution in [2.45, 2.75) is 100 Å². The minimum absolute atomic E-state index is 0.167. The summed E-state index contributed by atoms with van der Waals surface area (Å²) >= 11 is 1.46. The van der Waals surface area contributed by atoms with E-state index in [9.17, 15) is 0 Å². The molecule has 4 aromatic rings. The first kappa shape index (κ1) is 36.9. The van der Waals surface area contributed by atoms with E-state index >= 15 is 0 Å². The Morgan fingerprint density at radius 2 is 1.26 bits per heavy atom. The minimum atomic E-state index is 0.167. The van der Waals surface area contributed by atoms with E-state index in [-0.39, 0.29) is 10.8 Å². The van der Waals surface area contributed by atoms with Crippen LogP contribution in [0.1, 0.15) is 114 Å². The van der Waals surface area contributed by atoms with Crippen LogP contribution in [0.3, 0.4) is 0 Å². The molecule has 0 aliphatic heterocycles. The van der Waals surface area contributed by atoms with Crippen molar-refractivity contribution >= 4 is 3.21 Å². The molecule has 0 saturated carbocycles. The summed E-state index contributed by atoms with van der Waals surface area (Å²) in [5.41, 5.74) is 16.8. The summed E-state index contributed by atoms with van der Waals surface area (Å²) in [6.07, 6.45) is 6.70. The quantitative estimate of drug-likeness (QED) is 0.165. The second kappa shape index (κ2) is 15.1. The molecule has 0 heterocycles. The van der Waals surface area contributed by atoms with Gasteiger partial charge in [-0.15, -0.1) is 11.1 Å². The Bertz CT molecular complexity index is 1650. The molecule has 242 valence electrons. The second-order valence-electron chi connectivity index (χ2n) is 15.8. The zero-order chi connectivity index (χ0) is 34.7. The van der Waals surface area contributed by atoms with Gasteiger partial charge in [0.05, 0.1) is 0 Å². The van der Waals surface area contributed by atoms with Gasteiger partial charge in [-0.1, -0.05) is 105 Å². The molecule has 2 aliphatic carbocycles. The average Bonchev–Trinajstić information content (AvgIpc) is 3.55. The molecule has 0 nitrogen and oxygen atoms in total. The normalized spacial score (nSPS) is 15.1. The fourth-order valence-corrected chi connectivity index (χ4v) is 6.94. The molecule has 0 bridgehead atoms. The van der Waals surface area contributed by atoms with E-state index in [1.165, 1.54) is 94.2 Å². The standard InChI is InChI=1S/C21H25.C15H14.C10H15.Zr/c1-20(2,3)16-7-9-18-14(12-16)11-15-13-17(21(4,5)6)8-10-19(15)18;1-12-3-7-14(8-4-12)11-15-9-5-13(2)6-10-15;1-7(2)10-6-8(3)5-9(10)4;/h7-10,12H,11H2,1-6H3;3-10H,1-2H3;6-8H,1-4H3;/q-1;;-1;+2. The first-order valence-corrected chi connectivity index (χ1v) is 18.4. The average molecular weight is 698 g/mol. The summed E-state index contributed by atoms with van der Waals surface area (Å²) in [5, 5.41) is 0. The molecule has 2 aliphatic rings. The molecule has 0 spiro atoms. The van der Waals surface area contributed by atoms with Crippen molar-refractivity contribution in [3.63, 3.8) is 0 Å². The van der Waals surface area contributed by atoms with Crippen LogP contribution >= 0.6 is 0 Å². The third-order valence-electron chi connectivity index (χ3n) is 9.07. The van der Waals surface area contributed by atoms with Crippen LogP contribution in [0.15, 0.2) is 96.1 Å². The van der Waals surface area contributed by atoms with Crippen LogP contribution in [0.5, 0.6) is 0 Å². The molecule has 0 amide bonds. The van der Waals surface area contributed by atoms with Crippen molar-refractivity contribution in [1.82, 2.24) is 0 Å². The number of benzene rings is 4. The summed E-state index contributed by atoms with van der Waals surface area (Å²) in [6.45, 7) is 26.6. The zero-order valence-corrected chi connectivity index (χ0v) is 33.4. The van der Waals surface area contributed by atoms with Crippen LogP contribution in [0.25, 0.3) is 11.1 Å². The van der Waals surface area contributed by atoms with E-state index in [1.54, 1.807) is 0 Å². The van der Waals surface area contributed by atoms with Crippen LogP contribution in [-0.2, 0) is 41.5 Å². The van der Waals surface area contributed by atoms with Gasteiger partial charge in [0.2, 0.25) is 0 Å². The molecule has 0 saturated heterocycles. The molecule has 0 radical (unpaired) electrons. The fraction of sp³-hybridized carbons (Fsp3) is 0.370. The van der Waals surface area contributed by atoms with Crippen LogP contribution in [0.4, 0.5) is 0 Å². The van der Waals surface area contributed by atoms with Crippen molar-refractivity contribution in [3.05, 3.63) is 153 Å². The molecule has 1 atom stereocenters. The summed E-state index contributed by atoms with van der Waals surface area (Å²) < 4.78 is 1.42. The maximum atomic E-state index is 3.67. The van der Waals surface area contributed by atoms with E-state index < -0.39 is 0 Å². The summed E-state index contributed by atoms with van der Waals surface area (Å²) in [4.78, 5) is 0. The van der Waals surface area contributed by atoms with Crippen LogP contribution in [0.2, 0.25) is 0 Å². The molecule has 47 heavy (non-hydrogen) atoms. The van der Waals surface area contributed by atoms with Gasteiger partial charge in [-0.2, -0.15) is 35.4 Å². The number of allylic oxidation sites excluding steroid dienone is 4. The third-order valence-corrected chi connectivity index (χ3v) is 10.5. The van der Waals surface area contributed by atoms with Crippen molar-refractivity contribution in [3.8, 4) is 11.1 Å². The first-order valence-electron chi connectivity index (χ1n) is 17.2. The topological polar surface area (TPSA) is 0 Å². The van der Waals surface area contributed by atoms with Gasteiger partial charge in [0.15, 0.2) is 0 Å². The van der Waals surface area contributed by atoms with Crippen LogP contribution in [0, 0.1) is 37.8 Å². The molecular formula is C46H54Zr. The van der Waals surface area contributed by atoms with Gasteiger partial charge in [0, 0.05) is 0 Å². The van der Waals surface area contributed by atoms with E-state index in [4.69, 9.17) is 0 Å². The van der Waals surface area contributed by atoms with Crippen molar-refractivity contribution in [2.24, 2.45) is 11.8 Å². The Morgan fingerprint density at radius 1 is 0.723 bits per heavy atom. The van der Waals surface area contributed by atoms with Gasteiger partial charge >= 0.3 is 112 Å². The Morgan fingerprint density at radius 3 is 1.68 bits per heavy atom. The number of fused-ring (bicyclic) bond motifs is 3. The van der Waals surface area contributed by atoms with Gasteiger partial charge < -0.3 is 0 Å². The molecule has 0 aromatic heterocycles. The summed E-state index contributed by atoms with van der Waals surface area (Å²) in [6, 6.07) is 32.7. The molecule has 0 fully saturated rings. The number of hydrogen-bond acceptors (Lipinski definition) is 0. The van der Waals surface area contributed by atoms with Gasteiger partial charge in [0.1, 0.15) is 0 Å². The first-order chi connectivity index (χ1) is 21.9. The Hall–Kier alpha value is -2.89. The van der Waals surface area contributed by atoms with Crippen LogP contribution < -0.4 is 0 Å². The SMILES string of the molecule is CC(C)(C)c1[c-]c2c(cc1)-c1ccc(C(C)(C)C)cc1C2.CC1=[C-]C(C)C=C1C(C)C.Cc1ccc([C](=[Zr+2])c2ccc(C)cc2)cc1. The molecule has 1 heteroatoms. The number of hydrogen-bond donors (Lipinski definition) is 0. The maximum absolute atomic E-state index is 3.67. The van der Waals surface area contributed by atoms with Gasteiger partial charge in [0.25, 0.3) is 0 Å². The zero-order valence-electron chi connectivity index (χ0n) is 30.9. The van der Waals surface area contributed by atoms with E-state index in [0.29, 0.717) is 11.8 Å². The van der Waals surface area contributed by atoms with Gasteiger partial charge in [-0.05, 0) is 28.4 Å². The fourth-order valence-electron chi connectivity index (χ4n) is 6.12. The Balaban J connectivity index is 0.000000170. The van der Waals surface area contributed by atoms with Crippen molar-refractivity contribution in [2.75, 3.05) is 0 Å². The molecule has 0 N–H and O–H groups in total. The van der Waals surface area contributed by atoms with E-state index in [1.807, 2.05) is 0 Å². The monoisotopic (exact) mass is 696 g/mol. The number of rotatable bonds is 3. The second-order valence-corrected chi connectivity index (χ2v) is 17.0. The molecule has 4 aromatic carbocycles. The van der Waals surface area contributed by atoms with Crippen LogP contribution in [-0.4, -0.2) is 3.21 Å². The Kier molecular flexibility index (Phi) is 11.9. The van der Waals surface area contributed by atoms with E-state index in [2.05, 4.69) is 180 Å². The molecule has 6 rings (SSSR count). The van der Waals surface area contributed by atoms with Crippen molar-refractivity contribution < 1.29 is 24.2 Å². The molecular weight excluding hydrogens is 644 g/mol. The van der Waals surface area contributed by atoms with Gasteiger partial charge in [-0.3, -0.25) is 6.08 Å². The predicted octanol–water partition coefficient (Wildman–Crippen LogP) is 12.0. The predicted molar refractivity (Wildman–Crippen MR) is 201 cm³/mol. The summed E-state index contributed by atoms with van der Waals surface area (Å²) in [7, 11) is 0. The number of aryl methyl sites for hydroxylation is 2. The summed E-state index contributed by atoms with van der Waals surface area (Å²) in [5.74, 6) is 1.20. The van der Waals surface area contributed by atoms with Crippen molar-refractivity contribution in [1.29, 1.82) is 0 Å². The van der Waals surface area contributed by atoms with E-state index in [0.717, 1.165) is 6.42 Å². The Labute approximate surface area is 301 Å².